The number of rotatable bonds is 4. The third-order valence-corrected chi connectivity index (χ3v) is 3.85. The molecular weight excluding hydrogens is 308 g/mol. The number of nitrogens with zero attached hydrogens (tertiary/aromatic N) is 3. The zero-order chi connectivity index (χ0) is 17.5. The van der Waals surface area contributed by atoms with Crippen molar-refractivity contribution in [3.05, 3.63) is 41.6 Å². The predicted octanol–water partition coefficient (Wildman–Crippen LogP) is 1.70. The van der Waals surface area contributed by atoms with E-state index in [0.717, 1.165) is 0 Å². The number of nitriles is 2. The van der Waals surface area contributed by atoms with Gasteiger partial charge in [-0.3, -0.25) is 9.59 Å². The monoisotopic (exact) mass is 324 g/mol. The summed E-state index contributed by atoms with van der Waals surface area (Å²) in [6.45, 7) is 0.953. The Labute approximate surface area is 139 Å². The van der Waals surface area contributed by atoms with Gasteiger partial charge in [-0.1, -0.05) is 12.1 Å². The van der Waals surface area contributed by atoms with E-state index in [9.17, 15) is 14.9 Å². The summed E-state index contributed by atoms with van der Waals surface area (Å²) in [7, 11) is 0. The molecule has 0 unspecified atom stereocenters. The Morgan fingerprint density at radius 3 is 2.50 bits per heavy atom. The Balaban J connectivity index is 2.06. The number of benzene rings is 1. The Hall–Kier alpha value is -3.32. The van der Waals surface area contributed by atoms with Crippen molar-refractivity contribution in [2.75, 3.05) is 18.4 Å². The summed E-state index contributed by atoms with van der Waals surface area (Å²) in [6.07, 6.45) is 2.40. The number of carbonyl (C=O) groups excluding carboxylic acids is 1. The number of amides is 1. The number of para-hydroxylation sites is 1. The van der Waals surface area contributed by atoms with E-state index >= 15 is 0 Å². The second-order valence-electron chi connectivity index (χ2n) is 5.41. The molecule has 0 spiro atoms. The minimum atomic E-state index is -0.815. The molecule has 0 bridgehead atoms. The Morgan fingerprint density at radius 1 is 1.25 bits per heavy atom. The molecule has 1 aromatic carbocycles. The summed E-state index contributed by atoms with van der Waals surface area (Å²) in [5.74, 6) is -1.79. The Kier molecular flexibility index (Phi) is 5.54. The third-order valence-electron chi connectivity index (χ3n) is 3.85. The average Bonchev–Trinajstić information content (AvgIpc) is 2.60. The molecule has 0 radical (unpaired) electrons. The zero-order valence-corrected chi connectivity index (χ0v) is 12.9. The molecule has 1 aromatic rings. The highest BCUT2D eigenvalue weighted by atomic mass is 16.4. The van der Waals surface area contributed by atoms with E-state index in [4.69, 9.17) is 10.4 Å². The summed E-state index contributed by atoms with van der Waals surface area (Å²) < 4.78 is 0. The van der Waals surface area contributed by atoms with Crippen LogP contribution in [0.3, 0.4) is 0 Å². The molecule has 2 rings (SSSR count). The average molecular weight is 324 g/mol. The largest absolute Gasteiger partial charge is 0.481 e. The van der Waals surface area contributed by atoms with Crippen LogP contribution in [-0.2, 0) is 9.59 Å². The van der Waals surface area contributed by atoms with Gasteiger partial charge in [0.25, 0.3) is 5.91 Å². The van der Waals surface area contributed by atoms with Crippen molar-refractivity contribution in [2.45, 2.75) is 12.8 Å². The SMILES string of the molecule is N#C/C(=C/N1CCC(C(=O)O)CC1)C(=O)Nc1ccccc1C#N. The maximum absolute atomic E-state index is 12.2. The molecule has 7 heteroatoms. The van der Waals surface area contributed by atoms with Crippen molar-refractivity contribution in [2.24, 2.45) is 5.92 Å². The van der Waals surface area contributed by atoms with Crippen molar-refractivity contribution in [1.82, 2.24) is 4.90 Å². The van der Waals surface area contributed by atoms with Crippen LogP contribution in [0, 0.1) is 28.6 Å². The summed E-state index contributed by atoms with van der Waals surface area (Å²) in [6, 6.07) is 10.3. The van der Waals surface area contributed by atoms with E-state index in [1.54, 1.807) is 29.2 Å². The lowest BCUT2D eigenvalue weighted by molar-refractivity contribution is -0.143. The van der Waals surface area contributed by atoms with Crippen LogP contribution in [0.2, 0.25) is 0 Å². The fourth-order valence-corrected chi connectivity index (χ4v) is 2.48. The molecule has 0 atom stereocenters. The number of nitrogens with one attached hydrogen (secondary N) is 1. The van der Waals surface area contributed by atoms with Gasteiger partial charge in [0.1, 0.15) is 17.7 Å². The van der Waals surface area contributed by atoms with E-state index in [1.165, 1.54) is 6.20 Å². The maximum Gasteiger partial charge on any atom is 0.306 e. The molecule has 0 aromatic heterocycles. The van der Waals surface area contributed by atoms with Gasteiger partial charge in [-0.2, -0.15) is 10.5 Å². The Morgan fingerprint density at radius 2 is 1.92 bits per heavy atom. The minimum absolute atomic E-state index is 0.0866. The van der Waals surface area contributed by atoms with Gasteiger partial charge in [0.15, 0.2) is 0 Å². The normalized spacial score (nSPS) is 15.2. The molecule has 1 amide bonds. The van der Waals surface area contributed by atoms with Gasteiger partial charge in [-0.15, -0.1) is 0 Å². The van der Waals surface area contributed by atoms with Crippen molar-refractivity contribution < 1.29 is 14.7 Å². The summed E-state index contributed by atoms with van der Waals surface area (Å²) in [5, 5.41) is 29.8. The first-order valence-corrected chi connectivity index (χ1v) is 7.44. The van der Waals surface area contributed by atoms with Crippen LogP contribution in [0.15, 0.2) is 36.0 Å². The molecule has 2 N–H and O–H groups in total. The van der Waals surface area contributed by atoms with E-state index in [0.29, 0.717) is 37.2 Å². The van der Waals surface area contributed by atoms with Gasteiger partial charge in [0.05, 0.1) is 17.2 Å². The van der Waals surface area contributed by atoms with Crippen LogP contribution in [0.5, 0.6) is 0 Å². The number of carbonyl (C=O) groups is 2. The number of carboxylic acid groups (broad SMARTS) is 1. The van der Waals surface area contributed by atoms with E-state index in [-0.39, 0.29) is 11.5 Å². The molecule has 1 saturated heterocycles. The molecule has 0 aliphatic carbocycles. The minimum Gasteiger partial charge on any atom is -0.481 e. The second-order valence-corrected chi connectivity index (χ2v) is 5.41. The highest BCUT2D eigenvalue weighted by molar-refractivity contribution is 6.07. The molecule has 1 heterocycles. The van der Waals surface area contributed by atoms with Gasteiger partial charge in [-0.25, -0.2) is 0 Å². The van der Waals surface area contributed by atoms with Gasteiger partial charge < -0.3 is 15.3 Å². The van der Waals surface area contributed by atoms with E-state index < -0.39 is 11.9 Å². The quantitative estimate of drug-likeness (QED) is 0.643. The topological polar surface area (TPSA) is 117 Å². The van der Waals surface area contributed by atoms with Crippen LogP contribution >= 0.6 is 0 Å². The molecule has 24 heavy (non-hydrogen) atoms. The lowest BCUT2D eigenvalue weighted by Gasteiger charge is -2.29. The fourth-order valence-electron chi connectivity index (χ4n) is 2.48. The fraction of sp³-hybridized carbons (Fsp3) is 0.294. The molecule has 7 nitrogen and oxygen atoms in total. The van der Waals surface area contributed by atoms with Crippen LogP contribution in [0.4, 0.5) is 5.69 Å². The first kappa shape index (κ1) is 17.0. The number of carboxylic acids is 1. The highest BCUT2D eigenvalue weighted by Crippen LogP contribution is 2.19. The van der Waals surface area contributed by atoms with E-state index in [2.05, 4.69) is 5.32 Å². The smallest absolute Gasteiger partial charge is 0.306 e. The highest BCUT2D eigenvalue weighted by Gasteiger charge is 2.24. The summed E-state index contributed by atoms with van der Waals surface area (Å²) in [4.78, 5) is 24.9. The zero-order valence-electron chi connectivity index (χ0n) is 12.9. The van der Waals surface area contributed by atoms with Gasteiger partial charge in [-0.05, 0) is 25.0 Å². The lowest BCUT2D eigenvalue weighted by Crippen LogP contribution is -2.33. The van der Waals surface area contributed by atoms with Gasteiger partial charge >= 0.3 is 5.97 Å². The number of hydrogen-bond donors (Lipinski definition) is 2. The third kappa shape index (κ3) is 4.11. The van der Waals surface area contributed by atoms with Crippen molar-refractivity contribution in [1.29, 1.82) is 10.5 Å². The van der Waals surface area contributed by atoms with E-state index in [1.807, 2.05) is 12.1 Å². The standard InChI is InChI=1S/C17H16N4O3/c18-9-13-3-1-2-4-15(13)20-16(22)14(10-19)11-21-7-5-12(6-8-21)17(23)24/h1-4,11-12H,5-8H2,(H,20,22)(H,23,24)/b14-11-. The molecule has 1 aliphatic rings. The van der Waals surface area contributed by atoms with Gasteiger partial charge in [0, 0.05) is 19.3 Å². The van der Waals surface area contributed by atoms with Crippen LogP contribution in [-0.4, -0.2) is 35.0 Å². The lowest BCUT2D eigenvalue weighted by atomic mass is 9.97. The molecule has 122 valence electrons. The maximum atomic E-state index is 12.2. The number of hydrogen-bond acceptors (Lipinski definition) is 5. The number of piperidine rings is 1. The molecule has 0 saturated carbocycles. The van der Waals surface area contributed by atoms with Crippen LogP contribution in [0.1, 0.15) is 18.4 Å². The summed E-state index contributed by atoms with van der Waals surface area (Å²) >= 11 is 0. The number of anilines is 1. The first-order valence-electron chi connectivity index (χ1n) is 7.44. The van der Waals surface area contributed by atoms with Gasteiger partial charge in [0.2, 0.25) is 0 Å². The second kappa shape index (κ2) is 7.80. The summed E-state index contributed by atoms with van der Waals surface area (Å²) in [5.41, 5.74) is 0.567. The molecule has 1 fully saturated rings. The van der Waals surface area contributed by atoms with Crippen molar-refractivity contribution in [3.63, 3.8) is 0 Å². The van der Waals surface area contributed by atoms with Crippen molar-refractivity contribution >= 4 is 17.6 Å². The first-order chi connectivity index (χ1) is 11.5. The molecule has 1 aliphatic heterocycles. The molecular formula is C17H16N4O3. The Bertz CT molecular complexity index is 750. The van der Waals surface area contributed by atoms with Crippen LogP contribution in [0.25, 0.3) is 0 Å². The van der Waals surface area contributed by atoms with Crippen molar-refractivity contribution in [3.8, 4) is 12.1 Å². The number of likely N-dealkylation sites (tertiary alicyclic amines) is 1. The predicted molar refractivity (Wildman–Crippen MR) is 85.4 cm³/mol. The van der Waals surface area contributed by atoms with Crippen LogP contribution < -0.4 is 5.32 Å². The number of aliphatic carboxylic acids is 1.